The number of hydrogen-bond donors (Lipinski definition) is 1. The van der Waals surface area contributed by atoms with Gasteiger partial charge >= 0.3 is 0 Å². The normalized spacial score (nSPS) is 18.0. The van der Waals surface area contributed by atoms with Crippen molar-refractivity contribution in [3.05, 3.63) is 59.7 Å². The Morgan fingerprint density at radius 1 is 1.10 bits per heavy atom. The summed E-state index contributed by atoms with van der Waals surface area (Å²) in [5, 5.41) is 2.79. The maximum absolute atomic E-state index is 12.8. The van der Waals surface area contributed by atoms with E-state index in [-0.39, 0.29) is 40.8 Å². The predicted molar refractivity (Wildman–Crippen MR) is 120 cm³/mol. The van der Waals surface area contributed by atoms with Gasteiger partial charge in [0.1, 0.15) is 0 Å². The first-order chi connectivity index (χ1) is 14.8. The molecule has 1 aliphatic carbocycles. The molecule has 0 unspecified atom stereocenters. The van der Waals surface area contributed by atoms with Crippen LogP contribution in [0.5, 0.6) is 0 Å². The standard InChI is InChI=1S/C24H28N2O4S/c1-17-15-20-16-21(9-10-22(20)26(17)24(28)19-7-8-19)31(29,30)14-12-23(27)25-13-11-18-5-3-2-4-6-18/h2-6,9-10,16-17,19H,7-8,11-15H2,1H3,(H,25,27)/t17-/m0/s1. The van der Waals surface area contributed by atoms with Crippen LogP contribution in [-0.2, 0) is 32.3 Å². The Kier molecular flexibility index (Phi) is 6.14. The van der Waals surface area contributed by atoms with E-state index in [9.17, 15) is 18.0 Å². The molecule has 2 amide bonds. The average Bonchev–Trinajstić information content (AvgIpc) is 3.54. The largest absolute Gasteiger partial charge is 0.356 e. The highest BCUT2D eigenvalue weighted by Crippen LogP contribution is 2.39. The van der Waals surface area contributed by atoms with Crippen LogP contribution in [-0.4, -0.2) is 38.6 Å². The van der Waals surface area contributed by atoms with Crippen molar-refractivity contribution in [2.45, 2.75) is 50.0 Å². The molecule has 1 aliphatic heterocycles. The second-order valence-electron chi connectivity index (χ2n) is 8.48. The van der Waals surface area contributed by atoms with Crippen molar-refractivity contribution < 1.29 is 18.0 Å². The zero-order chi connectivity index (χ0) is 22.0. The third-order valence-corrected chi connectivity index (χ3v) is 7.68. The molecule has 1 N–H and O–H groups in total. The monoisotopic (exact) mass is 440 g/mol. The Hall–Kier alpha value is -2.67. The summed E-state index contributed by atoms with van der Waals surface area (Å²) in [6.45, 7) is 2.47. The number of sulfone groups is 1. The number of fused-ring (bicyclic) bond motifs is 1. The molecule has 2 aliphatic rings. The molecule has 164 valence electrons. The van der Waals surface area contributed by atoms with Gasteiger partial charge in [-0.25, -0.2) is 8.42 Å². The lowest BCUT2D eigenvalue weighted by Crippen LogP contribution is -2.36. The van der Waals surface area contributed by atoms with E-state index in [1.165, 1.54) is 0 Å². The summed E-state index contributed by atoms with van der Waals surface area (Å²) in [6, 6.07) is 14.8. The lowest BCUT2D eigenvalue weighted by Gasteiger charge is -2.22. The second kappa shape index (κ2) is 8.83. The van der Waals surface area contributed by atoms with Crippen LogP contribution in [0.2, 0.25) is 0 Å². The van der Waals surface area contributed by atoms with Crippen LogP contribution in [0.4, 0.5) is 5.69 Å². The highest BCUT2D eigenvalue weighted by atomic mass is 32.2. The van der Waals surface area contributed by atoms with E-state index in [4.69, 9.17) is 0 Å². The fourth-order valence-corrected chi connectivity index (χ4v) is 5.37. The van der Waals surface area contributed by atoms with E-state index < -0.39 is 9.84 Å². The van der Waals surface area contributed by atoms with Crippen LogP contribution < -0.4 is 10.2 Å². The molecule has 0 spiro atoms. The number of anilines is 1. The average molecular weight is 441 g/mol. The zero-order valence-electron chi connectivity index (χ0n) is 17.7. The summed E-state index contributed by atoms with van der Waals surface area (Å²) in [4.78, 5) is 26.7. The minimum absolute atomic E-state index is 0.0384. The molecule has 4 rings (SSSR count). The number of nitrogens with zero attached hydrogens (tertiary/aromatic N) is 1. The highest BCUT2D eigenvalue weighted by molar-refractivity contribution is 7.91. The molecule has 31 heavy (non-hydrogen) atoms. The van der Waals surface area contributed by atoms with Crippen LogP contribution in [0.25, 0.3) is 0 Å². The summed E-state index contributed by atoms with van der Waals surface area (Å²) in [5.41, 5.74) is 2.83. The number of carbonyl (C=O) groups is 2. The molecular formula is C24H28N2O4S. The smallest absolute Gasteiger partial charge is 0.230 e. The number of benzene rings is 2. The number of hydrogen-bond acceptors (Lipinski definition) is 4. The highest BCUT2D eigenvalue weighted by Gasteiger charge is 2.39. The van der Waals surface area contributed by atoms with E-state index in [2.05, 4.69) is 5.32 Å². The van der Waals surface area contributed by atoms with Gasteiger partial charge in [0.2, 0.25) is 11.8 Å². The molecule has 1 saturated carbocycles. The Labute approximate surface area is 183 Å². The summed E-state index contributed by atoms with van der Waals surface area (Å²) in [6.07, 6.45) is 3.17. The summed E-state index contributed by atoms with van der Waals surface area (Å²) in [5.74, 6) is -0.231. The predicted octanol–water partition coefficient (Wildman–Crippen LogP) is 2.90. The minimum atomic E-state index is -3.58. The third kappa shape index (κ3) is 4.98. The van der Waals surface area contributed by atoms with Crippen LogP contribution in [0.3, 0.4) is 0 Å². The fraction of sp³-hybridized carbons (Fsp3) is 0.417. The first kappa shape index (κ1) is 21.6. The summed E-state index contributed by atoms with van der Waals surface area (Å²) >= 11 is 0. The van der Waals surface area contributed by atoms with Crippen molar-refractivity contribution in [1.29, 1.82) is 0 Å². The number of nitrogens with one attached hydrogen (secondary N) is 1. The topological polar surface area (TPSA) is 83.6 Å². The van der Waals surface area contributed by atoms with Crippen molar-refractivity contribution in [2.24, 2.45) is 5.92 Å². The van der Waals surface area contributed by atoms with Gasteiger partial charge in [-0.2, -0.15) is 0 Å². The van der Waals surface area contributed by atoms with E-state index in [1.807, 2.05) is 42.2 Å². The Morgan fingerprint density at radius 3 is 2.55 bits per heavy atom. The Morgan fingerprint density at radius 2 is 1.84 bits per heavy atom. The van der Waals surface area contributed by atoms with Crippen LogP contribution in [0.1, 0.15) is 37.3 Å². The van der Waals surface area contributed by atoms with Crippen molar-refractivity contribution >= 4 is 27.3 Å². The lowest BCUT2D eigenvalue weighted by atomic mass is 10.1. The number of amides is 2. The molecule has 7 heteroatoms. The molecule has 0 saturated heterocycles. The van der Waals surface area contributed by atoms with Crippen molar-refractivity contribution in [3.63, 3.8) is 0 Å². The molecule has 1 heterocycles. The van der Waals surface area contributed by atoms with E-state index in [0.717, 1.165) is 29.7 Å². The van der Waals surface area contributed by atoms with Gasteiger partial charge in [-0.3, -0.25) is 9.59 Å². The van der Waals surface area contributed by atoms with E-state index >= 15 is 0 Å². The molecule has 2 aromatic carbocycles. The van der Waals surface area contributed by atoms with E-state index in [1.54, 1.807) is 18.2 Å². The van der Waals surface area contributed by atoms with Crippen LogP contribution in [0, 0.1) is 5.92 Å². The zero-order valence-corrected chi connectivity index (χ0v) is 18.5. The summed E-state index contributed by atoms with van der Waals surface area (Å²) < 4.78 is 25.6. The van der Waals surface area contributed by atoms with Gasteiger partial charge < -0.3 is 10.2 Å². The third-order valence-electron chi connectivity index (χ3n) is 5.97. The van der Waals surface area contributed by atoms with Crippen molar-refractivity contribution in [1.82, 2.24) is 5.32 Å². The minimum Gasteiger partial charge on any atom is -0.356 e. The van der Waals surface area contributed by atoms with Crippen LogP contribution >= 0.6 is 0 Å². The molecular weight excluding hydrogens is 412 g/mol. The molecule has 0 aromatic heterocycles. The maximum Gasteiger partial charge on any atom is 0.230 e. The van der Waals surface area contributed by atoms with Gasteiger partial charge in [0.25, 0.3) is 0 Å². The maximum atomic E-state index is 12.8. The molecule has 2 aromatic rings. The fourth-order valence-electron chi connectivity index (χ4n) is 4.09. The quantitative estimate of drug-likeness (QED) is 0.684. The van der Waals surface area contributed by atoms with Crippen molar-refractivity contribution in [2.75, 3.05) is 17.2 Å². The van der Waals surface area contributed by atoms with Gasteiger partial charge in [0.15, 0.2) is 9.84 Å². The van der Waals surface area contributed by atoms with Gasteiger partial charge in [-0.1, -0.05) is 30.3 Å². The second-order valence-corrected chi connectivity index (χ2v) is 10.6. The van der Waals surface area contributed by atoms with Gasteiger partial charge in [0.05, 0.1) is 10.6 Å². The molecule has 1 atom stereocenters. The van der Waals surface area contributed by atoms with Crippen molar-refractivity contribution in [3.8, 4) is 0 Å². The lowest BCUT2D eigenvalue weighted by molar-refractivity contribution is -0.121. The Balaban J connectivity index is 1.34. The Bertz CT molecular complexity index is 1080. The van der Waals surface area contributed by atoms with Gasteiger partial charge in [-0.05, 0) is 61.9 Å². The number of rotatable bonds is 8. The molecule has 1 fully saturated rings. The molecule has 0 radical (unpaired) electrons. The summed E-state index contributed by atoms with van der Waals surface area (Å²) in [7, 11) is -3.58. The first-order valence-corrected chi connectivity index (χ1v) is 12.5. The van der Waals surface area contributed by atoms with Gasteiger partial charge in [0, 0.05) is 30.6 Å². The van der Waals surface area contributed by atoms with Crippen LogP contribution in [0.15, 0.2) is 53.4 Å². The first-order valence-electron chi connectivity index (χ1n) is 10.8. The van der Waals surface area contributed by atoms with E-state index in [0.29, 0.717) is 19.4 Å². The number of carbonyl (C=O) groups excluding carboxylic acids is 2. The SMILES string of the molecule is C[C@H]1Cc2cc(S(=O)(=O)CCC(=O)NCCc3ccccc3)ccc2N1C(=O)C1CC1. The molecule has 0 bridgehead atoms. The van der Waals surface area contributed by atoms with Gasteiger partial charge in [-0.15, -0.1) is 0 Å². The molecule has 6 nitrogen and oxygen atoms in total.